The summed E-state index contributed by atoms with van der Waals surface area (Å²) in [5.41, 5.74) is 7.48. The van der Waals surface area contributed by atoms with E-state index in [1.54, 1.807) is 18.3 Å². The van der Waals surface area contributed by atoms with Gasteiger partial charge in [-0.3, -0.25) is 9.78 Å². The zero-order chi connectivity index (χ0) is 11.7. The number of hydrogen-bond donors (Lipinski definition) is 1. The molecule has 2 rings (SSSR count). The number of nitrogen functional groups attached to an aromatic ring is 1. The fourth-order valence-corrected chi connectivity index (χ4v) is 1.73. The van der Waals surface area contributed by atoms with Gasteiger partial charge in [-0.05, 0) is 25.1 Å². The van der Waals surface area contributed by atoms with Gasteiger partial charge in [0, 0.05) is 11.6 Å². The highest BCUT2D eigenvalue weighted by Gasteiger charge is 2.14. The Hall–Kier alpha value is -2.10. The molecule has 0 amide bonds. The molecule has 4 heteroatoms. The maximum Gasteiger partial charge on any atom is 0.163 e. The molecule has 0 radical (unpaired) electrons. The number of rotatable bonds is 2. The zero-order valence-corrected chi connectivity index (χ0v) is 9.15. The molecule has 0 aliphatic heterocycles. The summed E-state index contributed by atoms with van der Waals surface area (Å²) in [7, 11) is 1.53. The average molecular weight is 216 g/mol. The van der Waals surface area contributed by atoms with E-state index in [4.69, 9.17) is 10.5 Å². The maximum absolute atomic E-state index is 11.5. The van der Waals surface area contributed by atoms with Crippen LogP contribution >= 0.6 is 0 Å². The molecular weight excluding hydrogens is 204 g/mol. The molecule has 0 saturated heterocycles. The van der Waals surface area contributed by atoms with E-state index in [0.717, 1.165) is 5.39 Å². The van der Waals surface area contributed by atoms with Crippen LogP contribution in [0.15, 0.2) is 24.4 Å². The summed E-state index contributed by atoms with van der Waals surface area (Å²) in [6.45, 7) is 1.49. The number of benzene rings is 1. The van der Waals surface area contributed by atoms with Gasteiger partial charge in [0.25, 0.3) is 0 Å². The van der Waals surface area contributed by atoms with Crippen molar-refractivity contribution in [2.75, 3.05) is 12.8 Å². The van der Waals surface area contributed by atoms with Gasteiger partial charge < -0.3 is 10.5 Å². The summed E-state index contributed by atoms with van der Waals surface area (Å²) < 4.78 is 5.26. The van der Waals surface area contributed by atoms with E-state index < -0.39 is 0 Å². The van der Waals surface area contributed by atoms with Crippen molar-refractivity contribution in [2.45, 2.75) is 6.92 Å². The van der Waals surface area contributed by atoms with E-state index in [-0.39, 0.29) is 5.78 Å². The number of Topliss-reactive ketones (excluding diaryl/α,β-unsaturated/α-hetero) is 1. The lowest BCUT2D eigenvalue weighted by Crippen LogP contribution is -2.01. The van der Waals surface area contributed by atoms with E-state index in [0.29, 0.717) is 22.5 Å². The predicted molar refractivity (Wildman–Crippen MR) is 62.7 cm³/mol. The number of pyridine rings is 1. The smallest absolute Gasteiger partial charge is 0.163 e. The number of carbonyl (C=O) groups excluding carboxylic acids is 1. The lowest BCUT2D eigenvalue weighted by atomic mass is 10.0. The minimum atomic E-state index is -0.0747. The van der Waals surface area contributed by atoms with E-state index >= 15 is 0 Å². The third-order valence-electron chi connectivity index (χ3n) is 2.45. The van der Waals surface area contributed by atoms with Gasteiger partial charge in [-0.15, -0.1) is 0 Å². The summed E-state index contributed by atoms with van der Waals surface area (Å²) in [6, 6.07) is 5.23. The average Bonchev–Trinajstić information content (AvgIpc) is 2.29. The molecule has 2 N–H and O–H groups in total. The third kappa shape index (κ3) is 1.48. The number of nitrogens with two attached hydrogens (primary N) is 1. The molecule has 0 aliphatic rings. The Balaban J connectivity index is 2.90. The molecule has 16 heavy (non-hydrogen) atoms. The molecule has 0 unspecified atom stereocenters. The maximum atomic E-state index is 11.5. The first-order chi connectivity index (χ1) is 7.65. The standard InChI is InChI=1S/C12H12N2O2/c1-7(15)9-6-10(13)11-8(12(9)16-2)4-3-5-14-11/h3-6H,13H2,1-2H3. The van der Waals surface area contributed by atoms with Crippen LogP contribution in [0, 0.1) is 0 Å². The molecule has 0 fully saturated rings. The first-order valence-corrected chi connectivity index (χ1v) is 4.87. The highest BCUT2D eigenvalue weighted by molar-refractivity contribution is 6.06. The first-order valence-electron chi connectivity index (χ1n) is 4.87. The van der Waals surface area contributed by atoms with Crippen LogP contribution < -0.4 is 10.5 Å². The van der Waals surface area contributed by atoms with Gasteiger partial charge in [-0.25, -0.2) is 0 Å². The number of aromatic nitrogens is 1. The molecule has 0 atom stereocenters. The van der Waals surface area contributed by atoms with E-state index in [2.05, 4.69) is 4.98 Å². The topological polar surface area (TPSA) is 65.2 Å². The van der Waals surface area contributed by atoms with Gasteiger partial charge in [-0.1, -0.05) is 0 Å². The molecule has 1 heterocycles. The second-order valence-corrected chi connectivity index (χ2v) is 3.50. The molecule has 0 aliphatic carbocycles. The summed E-state index contributed by atoms with van der Waals surface area (Å²) >= 11 is 0. The van der Waals surface area contributed by atoms with Crippen molar-refractivity contribution < 1.29 is 9.53 Å². The molecule has 0 bridgehead atoms. The lowest BCUT2D eigenvalue weighted by molar-refractivity contribution is 0.101. The van der Waals surface area contributed by atoms with Crippen LogP contribution in [0.2, 0.25) is 0 Å². The second kappa shape index (κ2) is 3.81. The SMILES string of the molecule is COc1c(C(C)=O)cc(N)c2ncccc12. The third-order valence-corrected chi connectivity index (χ3v) is 2.45. The number of methoxy groups -OCH3 is 1. The van der Waals surface area contributed by atoms with Crippen LogP contribution in [0.5, 0.6) is 5.75 Å². The Morgan fingerprint density at radius 3 is 2.88 bits per heavy atom. The highest BCUT2D eigenvalue weighted by atomic mass is 16.5. The summed E-state index contributed by atoms with van der Waals surface area (Å²) in [5, 5.41) is 0.759. The van der Waals surface area contributed by atoms with Gasteiger partial charge in [0.15, 0.2) is 5.78 Å². The lowest BCUT2D eigenvalue weighted by Gasteiger charge is -2.11. The molecule has 2 aromatic rings. The molecule has 0 spiro atoms. The molecule has 1 aromatic carbocycles. The Labute approximate surface area is 93.0 Å². The molecule has 1 aromatic heterocycles. The van der Waals surface area contributed by atoms with Gasteiger partial charge in [0.2, 0.25) is 0 Å². The number of anilines is 1. The van der Waals surface area contributed by atoms with Crippen LogP contribution in [0.4, 0.5) is 5.69 Å². The van der Waals surface area contributed by atoms with Crippen LogP contribution in [0.25, 0.3) is 10.9 Å². The Morgan fingerprint density at radius 2 is 2.25 bits per heavy atom. The summed E-state index contributed by atoms with van der Waals surface area (Å²) in [6.07, 6.45) is 1.66. The largest absolute Gasteiger partial charge is 0.495 e. The number of ketones is 1. The molecular formula is C12H12N2O2. The zero-order valence-electron chi connectivity index (χ0n) is 9.15. The predicted octanol–water partition coefficient (Wildman–Crippen LogP) is 2.03. The second-order valence-electron chi connectivity index (χ2n) is 3.50. The van der Waals surface area contributed by atoms with Crippen molar-refractivity contribution in [2.24, 2.45) is 0 Å². The fraction of sp³-hybridized carbons (Fsp3) is 0.167. The Morgan fingerprint density at radius 1 is 1.50 bits per heavy atom. The number of hydrogen-bond acceptors (Lipinski definition) is 4. The van der Waals surface area contributed by atoms with Crippen molar-refractivity contribution in [1.29, 1.82) is 0 Å². The monoisotopic (exact) mass is 216 g/mol. The number of carbonyl (C=O) groups is 1. The van der Waals surface area contributed by atoms with Gasteiger partial charge in [0.1, 0.15) is 5.75 Å². The van der Waals surface area contributed by atoms with Crippen LogP contribution in [0.1, 0.15) is 17.3 Å². The van der Waals surface area contributed by atoms with Crippen LogP contribution in [-0.4, -0.2) is 17.9 Å². The van der Waals surface area contributed by atoms with Crippen molar-refractivity contribution in [3.63, 3.8) is 0 Å². The summed E-state index contributed by atoms with van der Waals surface area (Å²) in [4.78, 5) is 15.6. The van der Waals surface area contributed by atoms with E-state index in [9.17, 15) is 4.79 Å². The Bertz CT molecular complexity index is 564. The van der Waals surface area contributed by atoms with E-state index in [1.165, 1.54) is 14.0 Å². The van der Waals surface area contributed by atoms with Crippen LogP contribution in [0.3, 0.4) is 0 Å². The van der Waals surface area contributed by atoms with Crippen molar-refractivity contribution in [1.82, 2.24) is 4.98 Å². The summed E-state index contributed by atoms with van der Waals surface area (Å²) in [5.74, 6) is 0.458. The van der Waals surface area contributed by atoms with Crippen LogP contribution in [-0.2, 0) is 0 Å². The number of ether oxygens (including phenoxy) is 1. The van der Waals surface area contributed by atoms with Crippen molar-refractivity contribution in [3.8, 4) is 5.75 Å². The van der Waals surface area contributed by atoms with Gasteiger partial charge in [0.05, 0.1) is 23.9 Å². The molecule has 4 nitrogen and oxygen atoms in total. The van der Waals surface area contributed by atoms with Gasteiger partial charge in [-0.2, -0.15) is 0 Å². The Kier molecular flexibility index (Phi) is 2.48. The number of nitrogens with zero attached hydrogens (tertiary/aromatic N) is 1. The normalized spacial score (nSPS) is 10.4. The highest BCUT2D eigenvalue weighted by Crippen LogP contribution is 2.32. The fourth-order valence-electron chi connectivity index (χ4n) is 1.73. The van der Waals surface area contributed by atoms with Gasteiger partial charge >= 0.3 is 0 Å². The minimum Gasteiger partial charge on any atom is -0.495 e. The van der Waals surface area contributed by atoms with Crippen molar-refractivity contribution >= 4 is 22.4 Å². The van der Waals surface area contributed by atoms with Crippen molar-refractivity contribution in [3.05, 3.63) is 30.0 Å². The number of fused-ring (bicyclic) bond motifs is 1. The minimum absolute atomic E-state index is 0.0747. The first kappa shape index (κ1) is 10.4. The van der Waals surface area contributed by atoms with E-state index in [1.807, 2.05) is 6.07 Å². The quantitative estimate of drug-likeness (QED) is 0.616. The molecule has 0 saturated carbocycles. The molecule has 82 valence electrons.